The third-order valence-corrected chi connectivity index (χ3v) is 4.93. The van der Waals surface area contributed by atoms with Crippen molar-refractivity contribution in [1.29, 1.82) is 0 Å². The molecule has 0 spiro atoms. The average molecular weight is 348 g/mol. The van der Waals surface area contributed by atoms with Crippen LogP contribution in [0.25, 0.3) is 0 Å². The molecule has 0 aliphatic carbocycles. The summed E-state index contributed by atoms with van der Waals surface area (Å²) in [7, 11) is 3.28. The highest BCUT2D eigenvalue weighted by Gasteiger charge is 2.23. The molecule has 0 saturated carbocycles. The van der Waals surface area contributed by atoms with Gasteiger partial charge in [-0.3, -0.25) is 4.79 Å². The maximum atomic E-state index is 12.1. The molecule has 1 saturated heterocycles. The fourth-order valence-corrected chi connectivity index (χ4v) is 3.55. The van der Waals surface area contributed by atoms with E-state index in [4.69, 9.17) is 9.47 Å². The van der Waals surface area contributed by atoms with E-state index in [0.29, 0.717) is 5.92 Å². The summed E-state index contributed by atoms with van der Waals surface area (Å²) in [4.78, 5) is 16.5. The van der Waals surface area contributed by atoms with Gasteiger partial charge in [-0.1, -0.05) is 12.1 Å². The second-order valence-corrected chi connectivity index (χ2v) is 6.78. The van der Waals surface area contributed by atoms with Crippen LogP contribution in [0, 0.1) is 5.92 Å². The summed E-state index contributed by atoms with van der Waals surface area (Å²) in [5.41, 5.74) is 1.31. The van der Waals surface area contributed by atoms with Gasteiger partial charge in [0, 0.05) is 33.3 Å². The highest BCUT2D eigenvalue weighted by atomic mass is 16.5. The summed E-state index contributed by atoms with van der Waals surface area (Å²) in [6.07, 6.45) is 3.44. The minimum Gasteiger partial charge on any atom is -0.497 e. The summed E-state index contributed by atoms with van der Waals surface area (Å²) < 4.78 is 10.3. The van der Waals surface area contributed by atoms with Crippen LogP contribution >= 0.6 is 0 Å². The number of methoxy groups -OCH3 is 2. The number of piperidine rings is 1. The zero-order chi connectivity index (χ0) is 18.1. The van der Waals surface area contributed by atoms with Gasteiger partial charge in [-0.15, -0.1) is 0 Å². The molecule has 140 valence electrons. The Balaban J connectivity index is 1.82. The van der Waals surface area contributed by atoms with Crippen molar-refractivity contribution in [2.75, 3.05) is 53.6 Å². The topological polar surface area (TPSA) is 42.0 Å². The Morgan fingerprint density at radius 2 is 2.20 bits per heavy atom. The number of benzene rings is 1. The van der Waals surface area contributed by atoms with Crippen LogP contribution in [0.3, 0.4) is 0 Å². The molecule has 1 heterocycles. The van der Waals surface area contributed by atoms with Gasteiger partial charge in [0.1, 0.15) is 12.4 Å². The SMILES string of the molecule is CCN(CC1CCCN(CCc2cccc(OC)c2)C1)C(=O)COC. The van der Waals surface area contributed by atoms with Gasteiger partial charge >= 0.3 is 0 Å². The number of carbonyl (C=O) groups is 1. The van der Waals surface area contributed by atoms with Crippen LogP contribution in [0.5, 0.6) is 5.75 Å². The second kappa shape index (κ2) is 10.4. The monoisotopic (exact) mass is 348 g/mol. The number of rotatable bonds is 9. The fraction of sp³-hybridized carbons (Fsp3) is 0.650. The third-order valence-electron chi connectivity index (χ3n) is 4.93. The Kier molecular flexibility index (Phi) is 8.22. The normalized spacial score (nSPS) is 18.1. The van der Waals surface area contributed by atoms with Crippen molar-refractivity contribution in [3.8, 4) is 5.75 Å². The van der Waals surface area contributed by atoms with Gasteiger partial charge in [0.2, 0.25) is 5.91 Å². The van der Waals surface area contributed by atoms with Crippen LogP contribution in [-0.4, -0.2) is 69.3 Å². The molecule has 5 heteroatoms. The largest absolute Gasteiger partial charge is 0.497 e. The fourth-order valence-electron chi connectivity index (χ4n) is 3.55. The predicted octanol–water partition coefficient (Wildman–Crippen LogP) is 2.44. The highest BCUT2D eigenvalue weighted by molar-refractivity contribution is 5.77. The first-order valence-electron chi connectivity index (χ1n) is 9.28. The summed E-state index contributed by atoms with van der Waals surface area (Å²) in [5.74, 6) is 1.57. The van der Waals surface area contributed by atoms with Crippen molar-refractivity contribution >= 4 is 5.91 Å². The number of likely N-dealkylation sites (N-methyl/N-ethyl adjacent to an activating group) is 1. The molecule has 1 aliphatic heterocycles. The summed E-state index contributed by atoms with van der Waals surface area (Å²) >= 11 is 0. The molecule has 2 rings (SSSR count). The van der Waals surface area contributed by atoms with Crippen LogP contribution in [-0.2, 0) is 16.0 Å². The Bertz CT molecular complexity index is 535. The van der Waals surface area contributed by atoms with Crippen LogP contribution in [0.4, 0.5) is 0 Å². The molecule has 0 bridgehead atoms. The Labute approximate surface area is 151 Å². The number of carbonyl (C=O) groups excluding carboxylic acids is 1. The van der Waals surface area contributed by atoms with Gasteiger partial charge in [0.15, 0.2) is 0 Å². The maximum Gasteiger partial charge on any atom is 0.248 e. The van der Waals surface area contributed by atoms with E-state index in [9.17, 15) is 4.79 Å². The van der Waals surface area contributed by atoms with Crippen LogP contribution in [0.15, 0.2) is 24.3 Å². The molecular weight excluding hydrogens is 316 g/mol. The van der Waals surface area contributed by atoms with E-state index in [1.165, 1.54) is 18.4 Å². The van der Waals surface area contributed by atoms with Crippen molar-refractivity contribution in [2.24, 2.45) is 5.92 Å². The lowest BCUT2D eigenvalue weighted by Crippen LogP contribution is -2.44. The number of hydrogen-bond acceptors (Lipinski definition) is 4. The van der Waals surface area contributed by atoms with E-state index in [1.807, 2.05) is 24.0 Å². The van der Waals surface area contributed by atoms with Gasteiger partial charge in [-0.25, -0.2) is 0 Å². The first-order chi connectivity index (χ1) is 12.2. The zero-order valence-corrected chi connectivity index (χ0v) is 15.9. The first kappa shape index (κ1) is 19.7. The Morgan fingerprint density at radius 3 is 2.92 bits per heavy atom. The Morgan fingerprint density at radius 1 is 1.36 bits per heavy atom. The molecule has 1 fully saturated rings. The summed E-state index contributed by atoms with van der Waals surface area (Å²) in [6.45, 7) is 7.09. The first-order valence-corrected chi connectivity index (χ1v) is 9.28. The molecule has 1 aliphatic rings. The molecule has 0 aromatic heterocycles. The van der Waals surface area contributed by atoms with Crippen LogP contribution < -0.4 is 4.74 Å². The number of hydrogen-bond donors (Lipinski definition) is 0. The van der Waals surface area contributed by atoms with Crippen LogP contribution in [0.2, 0.25) is 0 Å². The van der Waals surface area contributed by atoms with Gasteiger partial charge in [-0.05, 0) is 56.3 Å². The molecule has 1 unspecified atom stereocenters. The average Bonchev–Trinajstić information content (AvgIpc) is 2.65. The van der Waals surface area contributed by atoms with Gasteiger partial charge < -0.3 is 19.3 Å². The lowest BCUT2D eigenvalue weighted by atomic mass is 9.97. The molecule has 0 N–H and O–H groups in total. The second-order valence-electron chi connectivity index (χ2n) is 6.78. The number of nitrogens with zero attached hydrogens (tertiary/aromatic N) is 2. The zero-order valence-electron chi connectivity index (χ0n) is 15.9. The summed E-state index contributed by atoms with van der Waals surface area (Å²) in [6, 6.07) is 8.31. The molecule has 25 heavy (non-hydrogen) atoms. The molecule has 1 amide bonds. The van der Waals surface area contributed by atoms with E-state index in [2.05, 4.69) is 17.0 Å². The molecule has 1 atom stereocenters. The minimum absolute atomic E-state index is 0.0958. The minimum atomic E-state index is 0.0958. The lowest BCUT2D eigenvalue weighted by Gasteiger charge is -2.35. The maximum absolute atomic E-state index is 12.1. The summed E-state index contributed by atoms with van der Waals surface area (Å²) in [5, 5.41) is 0. The van der Waals surface area contributed by atoms with Crippen molar-refractivity contribution in [1.82, 2.24) is 9.80 Å². The number of amides is 1. The van der Waals surface area contributed by atoms with Gasteiger partial charge in [0.25, 0.3) is 0 Å². The predicted molar refractivity (Wildman–Crippen MR) is 100.0 cm³/mol. The molecule has 0 radical (unpaired) electrons. The van der Waals surface area contributed by atoms with E-state index >= 15 is 0 Å². The number of likely N-dealkylation sites (tertiary alicyclic amines) is 1. The smallest absolute Gasteiger partial charge is 0.248 e. The number of ether oxygens (including phenoxy) is 2. The van der Waals surface area contributed by atoms with Gasteiger partial charge in [-0.2, -0.15) is 0 Å². The third kappa shape index (κ3) is 6.33. The quantitative estimate of drug-likeness (QED) is 0.687. The molecule has 1 aromatic rings. The van der Waals surface area contributed by atoms with Crippen molar-refractivity contribution in [3.63, 3.8) is 0 Å². The van der Waals surface area contributed by atoms with E-state index in [0.717, 1.165) is 44.9 Å². The van der Waals surface area contributed by atoms with E-state index < -0.39 is 0 Å². The van der Waals surface area contributed by atoms with Crippen LogP contribution in [0.1, 0.15) is 25.3 Å². The molecular formula is C20H32N2O3. The Hall–Kier alpha value is -1.59. The highest BCUT2D eigenvalue weighted by Crippen LogP contribution is 2.19. The molecule has 1 aromatic carbocycles. The van der Waals surface area contributed by atoms with E-state index in [-0.39, 0.29) is 12.5 Å². The van der Waals surface area contributed by atoms with Crippen molar-refractivity contribution in [2.45, 2.75) is 26.2 Å². The van der Waals surface area contributed by atoms with Crippen molar-refractivity contribution < 1.29 is 14.3 Å². The standard InChI is InChI=1S/C20H32N2O3/c1-4-22(20(23)16-24-2)15-18-8-6-11-21(14-18)12-10-17-7-5-9-19(13-17)25-3/h5,7,9,13,18H,4,6,8,10-12,14-16H2,1-3H3. The molecule has 5 nitrogen and oxygen atoms in total. The van der Waals surface area contributed by atoms with E-state index in [1.54, 1.807) is 14.2 Å². The van der Waals surface area contributed by atoms with Crippen molar-refractivity contribution in [3.05, 3.63) is 29.8 Å². The van der Waals surface area contributed by atoms with Gasteiger partial charge in [0.05, 0.1) is 7.11 Å². The lowest BCUT2D eigenvalue weighted by molar-refractivity contribution is -0.135.